The predicted molar refractivity (Wildman–Crippen MR) is 88.8 cm³/mol. The fraction of sp³-hybridized carbons (Fsp3) is 0.278. The monoisotopic (exact) mass is 366 g/mol. The summed E-state index contributed by atoms with van der Waals surface area (Å²) in [5.41, 5.74) is 0.233. The number of amides is 2. The Morgan fingerprint density at radius 3 is 2.38 bits per heavy atom. The van der Waals surface area contributed by atoms with Crippen LogP contribution < -0.4 is 15.4 Å². The third-order valence-corrected chi connectivity index (χ3v) is 4.16. The molecule has 1 aliphatic heterocycles. The highest BCUT2D eigenvalue weighted by molar-refractivity contribution is 5.89. The lowest BCUT2D eigenvalue weighted by Gasteiger charge is -2.21. The maximum absolute atomic E-state index is 14.3. The maximum Gasteiger partial charge on any atom is 0.319 e. The number of hydrogen-bond acceptors (Lipinski definition) is 3. The molecule has 2 unspecified atom stereocenters. The van der Waals surface area contributed by atoms with Gasteiger partial charge in [-0.15, -0.1) is 0 Å². The largest absolute Gasteiger partial charge is 0.497 e. The average molecular weight is 366 g/mol. The van der Waals surface area contributed by atoms with E-state index in [4.69, 9.17) is 9.47 Å². The number of halogens is 3. The van der Waals surface area contributed by atoms with Crippen LogP contribution in [-0.2, 0) is 4.74 Å². The zero-order valence-electron chi connectivity index (χ0n) is 13.9. The van der Waals surface area contributed by atoms with E-state index in [2.05, 4.69) is 10.6 Å². The SMILES string of the molecule is COc1cc(F)c(C2COCC2NC(=O)Nc2ccc(F)cc2)c(F)c1. The van der Waals surface area contributed by atoms with Crippen LogP contribution in [0.15, 0.2) is 36.4 Å². The molecule has 1 fully saturated rings. The molecular formula is C18H17F3N2O3. The molecule has 138 valence electrons. The molecular weight excluding hydrogens is 349 g/mol. The van der Waals surface area contributed by atoms with Gasteiger partial charge in [-0.1, -0.05) is 0 Å². The number of ether oxygens (including phenoxy) is 2. The smallest absolute Gasteiger partial charge is 0.319 e. The standard InChI is InChI=1S/C18H17F3N2O3/c1-25-12-6-14(20)17(15(21)7-12)13-8-26-9-16(13)23-18(24)22-11-4-2-10(19)3-5-11/h2-7,13,16H,8-9H2,1H3,(H2,22,23,24). The van der Waals surface area contributed by atoms with E-state index in [0.29, 0.717) is 5.69 Å². The van der Waals surface area contributed by atoms with Gasteiger partial charge < -0.3 is 20.1 Å². The van der Waals surface area contributed by atoms with Crippen molar-refractivity contribution in [3.8, 4) is 5.75 Å². The zero-order valence-corrected chi connectivity index (χ0v) is 13.9. The number of rotatable bonds is 4. The second-order valence-corrected chi connectivity index (χ2v) is 5.86. The molecule has 26 heavy (non-hydrogen) atoms. The molecule has 0 aromatic heterocycles. The van der Waals surface area contributed by atoms with E-state index in [1.54, 1.807) is 0 Å². The van der Waals surface area contributed by atoms with Crippen molar-refractivity contribution >= 4 is 11.7 Å². The van der Waals surface area contributed by atoms with Crippen molar-refractivity contribution < 1.29 is 27.4 Å². The first-order chi connectivity index (χ1) is 12.5. The van der Waals surface area contributed by atoms with Crippen LogP contribution in [0.4, 0.5) is 23.7 Å². The first kappa shape index (κ1) is 18.1. The fourth-order valence-corrected chi connectivity index (χ4v) is 2.88. The molecule has 2 amide bonds. The number of anilines is 1. The second-order valence-electron chi connectivity index (χ2n) is 5.86. The van der Waals surface area contributed by atoms with Crippen molar-refractivity contribution in [2.45, 2.75) is 12.0 Å². The van der Waals surface area contributed by atoms with Gasteiger partial charge in [-0.3, -0.25) is 0 Å². The van der Waals surface area contributed by atoms with Crippen molar-refractivity contribution in [2.75, 3.05) is 25.6 Å². The molecule has 5 nitrogen and oxygen atoms in total. The van der Waals surface area contributed by atoms with E-state index >= 15 is 0 Å². The predicted octanol–water partition coefficient (Wildman–Crippen LogP) is 3.42. The van der Waals surface area contributed by atoms with Crippen molar-refractivity contribution in [3.05, 3.63) is 59.4 Å². The Morgan fingerprint density at radius 2 is 1.77 bits per heavy atom. The minimum Gasteiger partial charge on any atom is -0.497 e. The Kier molecular flexibility index (Phi) is 5.32. The molecule has 1 saturated heterocycles. The molecule has 2 aromatic rings. The molecule has 1 heterocycles. The first-order valence-corrected chi connectivity index (χ1v) is 7.91. The summed E-state index contributed by atoms with van der Waals surface area (Å²) in [5, 5.41) is 5.18. The number of carbonyl (C=O) groups excluding carboxylic acids is 1. The van der Waals surface area contributed by atoms with Gasteiger partial charge in [-0.25, -0.2) is 18.0 Å². The Morgan fingerprint density at radius 1 is 1.12 bits per heavy atom. The average Bonchev–Trinajstić information content (AvgIpc) is 3.04. The van der Waals surface area contributed by atoms with Gasteiger partial charge in [0.25, 0.3) is 0 Å². The van der Waals surface area contributed by atoms with Crippen LogP contribution >= 0.6 is 0 Å². The van der Waals surface area contributed by atoms with E-state index in [9.17, 15) is 18.0 Å². The molecule has 1 aliphatic rings. The minimum atomic E-state index is -0.761. The summed E-state index contributed by atoms with van der Waals surface area (Å²) in [5.74, 6) is -2.56. The van der Waals surface area contributed by atoms with E-state index in [1.807, 2.05) is 0 Å². The lowest BCUT2D eigenvalue weighted by molar-refractivity contribution is 0.187. The van der Waals surface area contributed by atoms with Gasteiger partial charge in [-0.2, -0.15) is 0 Å². The summed E-state index contributed by atoms with van der Waals surface area (Å²) in [7, 11) is 1.32. The Bertz CT molecular complexity index is 776. The van der Waals surface area contributed by atoms with E-state index in [1.165, 1.54) is 31.4 Å². The topological polar surface area (TPSA) is 59.6 Å². The normalized spacial score (nSPS) is 19.2. The van der Waals surface area contributed by atoms with Gasteiger partial charge in [0, 0.05) is 29.3 Å². The van der Waals surface area contributed by atoms with Gasteiger partial charge >= 0.3 is 6.03 Å². The number of benzene rings is 2. The summed E-state index contributed by atoms with van der Waals surface area (Å²) in [4.78, 5) is 12.1. The quantitative estimate of drug-likeness (QED) is 0.872. The summed E-state index contributed by atoms with van der Waals surface area (Å²) in [6, 6.07) is 6.21. The molecule has 0 radical (unpaired) electrons. The summed E-state index contributed by atoms with van der Waals surface area (Å²) in [6.07, 6.45) is 0. The summed E-state index contributed by atoms with van der Waals surface area (Å²) >= 11 is 0. The molecule has 0 aliphatic carbocycles. The maximum atomic E-state index is 14.3. The van der Waals surface area contributed by atoms with Crippen molar-refractivity contribution in [1.29, 1.82) is 0 Å². The third kappa shape index (κ3) is 3.91. The fourth-order valence-electron chi connectivity index (χ4n) is 2.88. The van der Waals surface area contributed by atoms with Crippen LogP contribution in [0.2, 0.25) is 0 Å². The van der Waals surface area contributed by atoms with E-state index in [0.717, 1.165) is 12.1 Å². The Balaban J connectivity index is 1.72. The second kappa shape index (κ2) is 7.65. The molecule has 0 spiro atoms. The van der Waals surface area contributed by atoms with Crippen molar-refractivity contribution in [2.24, 2.45) is 0 Å². The lowest BCUT2D eigenvalue weighted by atomic mass is 9.93. The van der Waals surface area contributed by atoms with Gasteiger partial charge in [0.1, 0.15) is 23.2 Å². The molecule has 0 bridgehead atoms. The van der Waals surface area contributed by atoms with Gasteiger partial charge in [0.15, 0.2) is 0 Å². The van der Waals surface area contributed by atoms with Crippen LogP contribution in [-0.4, -0.2) is 32.4 Å². The third-order valence-electron chi connectivity index (χ3n) is 4.16. The van der Waals surface area contributed by atoms with Gasteiger partial charge in [0.05, 0.1) is 26.4 Å². The highest BCUT2D eigenvalue weighted by Gasteiger charge is 2.35. The zero-order chi connectivity index (χ0) is 18.7. The number of carbonyl (C=O) groups is 1. The Hall–Kier alpha value is -2.74. The molecule has 8 heteroatoms. The lowest BCUT2D eigenvalue weighted by Crippen LogP contribution is -2.41. The van der Waals surface area contributed by atoms with Crippen LogP contribution in [0.3, 0.4) is 0 Å². The van der Waals surface area contributed by atoms with Crippen LogP contribution in [0.25, 0.3) is 0 Å². The van der Waals surface area contributed by atoms with E-state index in [-0.39, 0.29) is 24.5 Å². The molecule has 2 N–H and O–H groups in total. The van der Waals surface area contributed by atoms with Crippen LogP contribution in [0, 0.1) is 17.5 Å². The van der Waals surface area contributed by atoms with Crippen LogP contribution in [0.1, 0.15) is 11.5 Å². The number of nitrogens with one attached hydrogen (secondary N) is 2. The number of urea groups is 1. The van der Waals surface area contributed by atoms with Crippen LogP contribution in [0.5, 0.6) is 5.75 Å². The highest BCUT2D eigenvalue weighted by Crippen LogP contribution is 2.32. The minimum absolute atomic E-state index is 0.0706. The Labute approximate surface area is 148 Å². The van der Waals surface area contributed by atoms with Crippen molar-refractivity contribution in [1.82, 2.24) is 5.32 Å². The molecule has 0 saturated carbocycles. The first-order valence-electron chi connectivity index (χ1n) is 7.91. The number of hydrogen-bond donors (Lipinski definition) is 2. The van der Waals surface area contributed by atoms with Gasteiger partial charge in [-0.05, 0) is 24.3 Å². The summed E-state index contributed by atoms with van der Waals surface area (Å²) < 4.78 is 51.7. The number of methoxy groups -OCH3 is 1. The van der Waals surface area contributed by atoms with E-state index < -0.39 is 35.4 Å². The molecule has 2 atom stereocenters. The van der Waals surface area contributed by atoms with Gasteiger partial charge in [0.2, 0.25) is 0 Å². The molecule has 2 aromatic carbocycles. The summed E-state index contributed by atoms with van der Waals surface area (Å²) in [6.45, 7) is 0.189. The highest BCUT2D eigenvalue weighted by atomic mass is 19.1. The molecule has 3 rings (SSSR count). The van der Waals surface area contributed by atoms with Crippen molar-refractivity contribution in [3.63, 3.8) is 0 Å².